The molecule has 21 heavy (non-hydrogen) atoms. The van der Waals surface area contributed by atoms with E-state index in [1.165, 1.54) is 6.42 Å². The minimum atomic E-state index is 0. The molecular weight excluding hydrogens is 288 g/mol. The molecule has 2 aliphatic heterocycles. The average Bonchev–Trinajstić information content (AvgIpc) is 3.08. The molecule has 1 amide bonds. The van der Waals surface area contributed by atoms with Crippen molar-refractivity contribution in [1.29, 1.82) is 0 Å². The Bertz CT molecular complexity index is 484. The summed E-state index contributed by atoms with van der Waals surface area (Å²) < 4.78 is 0. The van der Waals surface area contributed by atoms with Crippen molar-refractivity contribution in [2.24, 2.45) is 5.41 Å². The normalized spacial score (nSPS) is 20.8. The summed E-state index contributed by atoms with van der Waals surface area (Å²) in [6, 6.07) is 1.90. The van der Waals surface area contributed by atoms with Crippen molar-refractivity contribution in [3.63, 3.8) is 0 Å². The van der Waals surface area contributed by atoms with E-state index in [9.17, 15) is 4.79 Å². The number of rotatable bonds is 2. The Balaban J connectivity index is 0.00000161. The van der Waals surface area contributed by atoms with Gasteiger partial charge in [-0.2, -0.15) is 5.10 Å². The molecule has 2 fully saturated rings. The Kier molecular flexibility index (Phi) is 4.94. The van der Waals surface area contributed by atoms with Crippen LogP contribution in [-0.2, 0) is 0 Å². The Labute approximate surface area is 132 Å². The molecule has 1 spiro atoms. The second kappa shape index (κ2) is 6.36. The number of nitrogens with zero attached hydrogens (tertiary/aromatic N) is 2. The lowest BCUT2D eigenvalue weighted by atomic mass is 9.78. The van der Waals surface area contributed by atoms with Gasteiger partial charge in [0, 0.05) is 25.3 Å². The third-order valence-electron chi connectivity index (χ3n) is 4.88. The number of aromatic nitrogens is 2. The van der Waals surface area contributed by atoms with Crippen LogP contribution >= 0.6 is 12.4 Å². The highest BCUT2D eigenvalue weighted by atomic mass is 35.5. The van der Waals surface area contributed by atoms with Crippen LogP contribution in [-0.4, -0.2) is 47.2 Å². The lowest BCUT2D eigenvalue weighted by Crippen LogP contribution is -2.44. The highest BCUT2D eigenvalue weighted by molar-refractivity contribution is 5.92. The fourth-order valence-electron chi connectivity index (χ4n) is 3.31. The first-order chi connectivity index (χ1) is 9.60. The molecule has 0 aliphatic carbocycles. The van der Waals surface area contributed by atoms with Crippen LogP contribution in [0.5, 0.6) is 0 Å². The van der Waals surface area contributed by atoms with E-state index in [-0.39, 0.29) is 18.3 Å². The Morgan fingerprint density at radius 3 is 2.57 bits per heavy atom. The molecule has 0 bridgehead atoms. The maximum Gasteiger partial charge on any atom is 0.274 e. The highest BCUT2D eigenvalue weighted by Crippen LogP contribution is 2.37. The summed E-state index contributed by atoms with van der Waals surface area (Å²) in [5.41, 5.74) is 2.04. The van der Waals surface area contributed by atoms with Gasteiger partial charge in [-0.1, -0.05) is 13.8 Å². The van der Waals surface area contributed by atoms with Crippen molar-refractivity contribution < 1.29 is 4.79 Å². The summed E-state index contributed by atoms with van der Waals surface area (Å²) in [5.74, 6) is 0.451. The van der Waals surface area contributed by atoms with E-state index in [4.69, 9.17) is 0 Å². The first kappa shape index (κ1) is 16.3. The third kappa shape index (κ3) is 3.24. The Morgan fingerprint density at radius 1 is 1.33 bits per heavy atom. The van der Waals surface area contributed by atoms with Crippen LogP contribution in [0, 0.1) is 5.41 Å². The lowest BCUT2D eigenvalue weighted by molar-refractivity contribution is 0.0602. The topological polar surface area (TPSA) is 61.0 Å². The van der Waals surface area contributed by atoms with Gasteiger partial charge in [0.05, 0.1) is 0 Å². The molecule has 0 aromatic carbocycles. The zero-order valence-electron chi connectivity index (χ0n) is 12.8. The van der Waals surface area contributed by atoms with E-state index in [1.807, 2.05) is 11.0 Å². The van der Waals surface area contributed by atoms with Crippen molar-refractivity contribution in [3.8, 4) is 0 Å². The number of nitrogens with one attached hydrogen (secondary N) is 2. The molecule has 1 aromatic rings. The lowest BCUT2D eigenvalue weighted by Gasteiger charge is -2.38. The number of hydrogen-bond acceptors (Lipinski definition) is 3. The molecule has 2 N–H and O–H groups in total. The van der Waals surface area contributed by atoms with Crippen LogP contribution in [0.15, 0.2) is 6.07 Å². The molecule has 0 saturated carbocycles. The summed E-state index contributed by atoms with van der Waals surface area (Å²) in [6.45, 7) is 8.17. The number of carbonyl (C=O) groups excluding carboxylic acids is 1. The fourth-order valence-corrected chi connectivity index (χ4v) is 3.31. The number of aromatic amines is 1. The highest BCUT2D eigenvalue weighted by Gasteiger charge is 2.38. The molecule has 6 heteroatoms. The summed E-state index contributed by atoms with van der Waals surface area (Å²) >= 11 is 0. The van der Waals surface area contributed by atoms with Crippen LogP contribution < -0.4 is 5.32 Å². The summed E-state index contributed by atoms with van der Waals surface area (Å²) in [4.78, 5) is 14.4. The molecule has 2 aliphatic rings. The fraction of sp³-hybridized carbons (Fsp3) is 0.733. The Morgan fingerprint density at radius 2 is 2.05 bits per heavy atom. The smallest absolute Gasteiger partial charge is 0.274 e. The minimum Gasteiger partial charge on any atom is -0.337 e. The number of amides is 1. The van der Waals surface area contributed by atoms with Gasteiger partial charge in [0.1, 0.15) is 5.69 Å². The van der Waals surface area contributed by atoms with Crippen LogP contribution in [0.3, 0.4) is 0 Å². The first-order valence-electron chi connectivity index (χ1n) is 7.65. The monoisotopic (exact) mass is 312 g/mol. The number of carbonyl (C=O) groups is 1. The van der Waals surface area contributed by atoms with Crippen molar-refractivity contribution >= 4 is 18.3 Å². The van der Waals surface area contributed by atoms with Crippen molar-refractivity contribution in [3.05, 3.63) is 17.5 Å². The molecule has 118 valence electrons. The van der Waals surface area contributed by atoms with E-state index in [1.54, 1.807) is 0 Å². The molecule has 2 saturated heterocycles. The zero-order chi connectivity index (χ0) is 14.2. The SMILES string of the molecule is CC(C)c1cc(C(=O)N2CCC3(CCNC3)CC2)n[nH]1.Cl. The molecule has 0 radical (unpaired) electrons. The van der Waals surface area contributed by atoms with Gasteiger partial charge in [-0.25, -0.2) is 0 Å². The number of hydrogen-bond donors (Lipinski definition) is 2. The molecule has 5 nitrogen and oxygen atoms in total. The third-order valence-corrected chi connectivity index (χ3v) is 4.88. The van der Waals surface area contributed by atoms with Gasteiger partial charge in [-0.3, -0.25) is 9.89 Å². The van der Waals surface area contributed by atoms with Crippen LogP contribution in [0.1, 0.15) is 55.2 Å². The first-order valence-corrected chi connectivity index (χ1v) is 7.65. The van der Waals surface area contributed by atoms with Crippen LogP contribution in [0.2, 0.25) is 0 Å². The number of halogens is 1. The number of piperidine rings is 1. The molecule has 0 atom stereocenters. The summed E-state index contributed by atoms with van der Waals surface area (Å²) in [5, 5.41) is 10.6. The predicted octanol–water partition coefficient (Wildman–Crippen LogP) is 2.17. The molecule has 1 aromatic heterocycles. The Hall–Kier alpha value is -1.07. The molecule has 3 heterocycles. The van der Waals surface area contributed by atoms with Gasteiger partial charge in [0.2, 0.25) is 0 Å². The van der Waals surface area contributed by atoms with E-state index >= 15 is 0 Å². The van der Waals surface area contributed by atoms with E-state index in [0.717, 1.165) is 44.7 Å². The van der Waals surface area contributed by atoms with E-state index in [0.29, 0.717) is 17.0 Å². The van der Waals surface area contributed by atoms with Crippen LogP contribution in [0.25, 0.3) is 0 Å². The van der Waals surface area contributed by atoms with Gasteiger partial charge in [0.15, 0.2) is 0 Å². The number of H-pyrrole nitrogens is 1. The second-order valence-electron chi connectivity index (χ2n) is 6.58. The summed E-state index contributed by atoms with van der Waals surface area (Å²) in [6.07, 6.45) is 3.50. The maximum absolute atomic E-state index is 12.5. The molecular formula is C15H25ClN4O. The van der Waals surface area contributed by atoms with Gasteiger partial charge < -0.3 is 10.2 Å². The van der Waals surface area contributed by atoms with Gasteiger partial charge in [-0.05, 0) is 43.2 Å². The van der Waals surface area contributed by atoms with E-state index < -0.39 is 0 Å². The molecule has 3 rings (SSSR count). The van der Waals surface area contributed by atoms with Crippen molar-refractivity contribution in [2.75, 3.05) is 26.2 Å². The van der Waals surface area contributed by atoms with Crippen molar-refractivity contribution in [2.45, 2.75) is 39.0 Å². The summed E-state index contributed by atoms with van der Waals surface area (Å²) in [7, 11) is 0. The van der Waals surface area contributed by atoms with Crippen molar-refractivity contribution in [1.82, 2.24) is 20.4 Å². The van der Waals surface area contributed by atoms with Crippen LogP contribution in [0.4, 0.5) is 0 Å². The zero-order valence-corrected chi connectivity index (χ0v) is 13.6. The maximum atomic E-state index is 12.5. The largest absolute Gasteiger partial charge is 0.337 e. The van der Waals surface area contributed by atoms with Gasteiger partial charge >= 0.3 is 0 Å². The van der Waals surface area contributed by atoms with Gasteiger partial charge in [0.25, 0.3) is 5.91 Å². The van der Waals surface area contributed by atoms with Gasteiger partial charge in [-0.15, -0.1) is 12.4 Å². The predicted molar refractivity (Wildman–Crippen MR) is 85.0 cm³/mol. The number of likely N-dealkylation sites (tertiary alicyclic amines) is 1. The molecule has 0 unspecified atom stereocenters. The minimum absolute atomic E-state index is 0. The second-order valence-corrected chi connectivity index (χ2v) is 6.58. The average molecular weight is 313 g/mol. The quantitative estimate of drug-likeness (QED) is 0.880. The standard InChI is InChI=1S/C15H24N4O.ClH/c1-11(2)12-9-13(18-17-12)14(20)19-7-4-15(5-8-19)3-6-16-10-15;/h9,11,16H,3-8,10H2,1-2H3,(H,17,18);1H. The van der Waals surface area contributed by atoms with E-state index in [2.05, 4.69) is 29.4 Å².